The van der Waals surface area contributed by atoms with Gasteiger partial charge in [-0.25, -0.2) is 4.90 Å². The minimum absolute atomic E-state index is 0.00871. The molecule has 0 spiro atoms. The molecule has 232 valence electrons. The smallest absolute Gasteiger partial charge is 0.418 e. The Morgan fingerprint density at radius 3 is 2.27 bits per heavy atom. The van der Waals surface area contributed by atoms with Crippen LogP contribution in [0.5, 0.6) is 5.75 Å². The Hall–Kier alpha value is -4.56. The Morgan fingerprint density at radius 2 is 1.62 bits per heavy atom. The van der Waals surface area contributed by atoms with Crippen LogP contribution in [0.2, 0.25) is 0 Å². The van der Waals surface area contributed by atoms with E-state index in [9.17, 15) is 37.5 Å². The second-order valence-electron chi connectivity index (χ2n) is 10.8. The number of anilines is 3. The molecule has 3 heterocycles. The van der Waals surface area contributed by atoms with Gasteiger partial charge in [-0.2, -0.15) is 13.2 Å². The van der Waals surface area contributed by atoms with Crippen LogP contribution in [0.3, 0.4) is 0 Å². The zero-order chi connectivity index (χ0) is 32.2. The molecule has 0 bridgehead atoms. The summed E-state index contributed by atoms with van der Waals surface area (Å²) in [5, 5.41) is 11.3. The van der Waals surface area contributed by atoms with Gasteiger partial charge in [-0.05, 0) is 54.1 Å². The molecule has 3 atom stereocenters. The summed E-state index contributed by atoms with van der Waals surface area (Å²) in [7, 11) is 3.70. The van der Waals surface area contributed by atoms with E-state index in [0.29, 0.717) is 26.1 Å². The number of aromatic nitrogens is 1. The molecule has 1 fully saturated rings. The van der Waals surface area contributed by atoms with Crippen molar-refractivity contribution in [1.82, 2.24) is 4.57 Å². The molecule has 3 unspecified atom stereocenters. The number of amides is 3. The number of hydrogen-bond acceptors (Lipinski definition) is 8. The predicted octanol–water partition coefficient (Wildman–Crippen LogP) is 5.13. The minimum atomic E-state index is -4.82. The van der Waals surface area contributed by atoms with Crippen molar-refractivity contribution in [3.8, 4) is 5.75 Å². The first kappa shape index (κ1) is 30.5. The zero-order valence-electron chi connectivity index (χ0n) is 23.7. The number of imide groups is 1. The van der Waals surface area contributed by atoms with Gasteiger partial charge in [-0.1, -0.05) is 47.4 Å². The molecule has 1 aromatic heterocycles. The number of nitrogens with one attached hydrogen (secondary N) is 1. The topological polar surface area (TPSA) is 112 Å². The van der Waals surface area contributed by atoms with E-state index in [-0.39, 0.29) is 5.75 Å². The number of para-hydroxylation sites is 1. The lowest BCUT2D eigenvalue weighted by Crippen LogP contribution is -2.33. The number of thioether (sulfide) groups is 1. The van der Waals surface area contributed by atoms with Crippen LogP contribution in [0.15, 0.2) is 82.6 Å². The fourth-order valence-electron chi connectivity index (χ4n) is 5.63. The molecule has 4 aromatic rings. The van der Waals surface area contributed by atoms with Crippen molar-refractivity contribution in [3.63, 3.8) is 0 Å². The number of phenolic OH excluding ortho intramolecular Hbond substituents is 1. The maximum atomic E-state index is 14.0. The Morgan fingerprint density at radius 1 is 0.956 bits per heavy atom. The molecule has 1 saturated heterocycles. The van der Waals surface area contributed by atoms with Gasteiger partial charge >= 0.3 is 11.0 Å². The van der Waals surface area contributed by atoms with E-state index in [1.54, 1.807) is 12.1 Å². The number of carbonyl (C=O) groups excluding carboxylic acids is 3. The van der Waals surface area contributed by atoms with Gasteiger partial charge in [0, 0.05) is 36.3 Å². The van der Waals surface area contributed by atoms with Gasteiger partial charge in [-0.3, -0.25) is 23.7 Å². The van der Waals surface area contributed by atoms with Gasteiger partial charge in [0.05, 0.1) is 22.2 Å². The van der Waals surface area contributed by atoms with E-state index in [0.717, 1.165) is 40.9 Å². The highest BCUT2D eigenvalue weighted by Gasteiger charge is 2.57. The van der Waals surface area contributed by atoms with E-state index in [2.05, 4.69) is 5.32 Å². The van der Waals surface area contributed by atoms with E-state index in [1.165, 1.54) is 41.0 Å². The molecule has 3 aromatic carbocycles. The molecule has 0 saturated carbocycles. The minimum Gasteiger partial charge on any atom is -0.508 e. The van der Waals surface area contributed by atoms with Crippen LogP contribution in [0.4, 0.5) is 30.2 Å². The fraction of sp³-hybridized carbons (Fsp3) is 0.226. The number of thiazole rings is 1. The molecular formula is C31H25F3N4O5S2. The Kier molecular flexibility index (Phi) is 7.73. The van der Waals surface area contributed by atoms with Crippen molar-refractivity contribution < 1.29 is 32.7 Å². The maximum absolute atomic E-state index is 14.0. The standard InChI is InChI=1S/C31H25F3N4O5S2/c1-36(2)18-11-7-16(8-12-18)23-24-25(28(42)38(27(24)41)21-6-4-3-5-20(21)31(32,33)34)44-29-26(23)45-30(43)37(29)15-22(40)35-17-9-13-19(39)14-10-17/h3-14,23-25,39H,15H2,1-2H3,(H,35,40). The zero-order valence-corrected chi connectivity index (χ0v) is 25.4. The van der Waals surface area contributed by atoms with Crippen molar-refractivity contribution in [2.45, 2.75) is 28.9 Å². The molecule has 0 aliphatic carbocycles. The van der Waals surface area contributed by atoms with Crippen molar-refractivity contribution in [3.05, 3.63) is 98.5 Å². The largest absolute Gasteiger partial charge is 0.508 e. The molecule has 2 N–H and O–H groups in total. The van der Waals surface area contributed by atoms with Crippen LogP contribution in [0, 0.1) is 5.92 Å². The third-order valence-corrected chi connectivity index (χ3v) is 10.3. The van der Waals surface area contributed by atoms with Crippen LogP contribution in [0.1, 0.15) is 21.9 Å². The summed E-state index contributed by atoms with van der Waals surface area (Å²) in [5.74, 6) is -4.09. The summed E-state index contributed by atoms with van der Waals surface area (Å²) in [5.41, 5.74) is 0.181. The number of fused-ring (bicyclic) bond motifs is 2. The van der Waals surface area contributed by atoms with Crippen LogP contribution in [0.25, 0.3) is 0 Å². The van der Waals surface area contributed by atoms with Crippen LogP contribution < -0.4 is 20.0 Å². The van der Waals surface area contributed by atoms with Gasteiger partial charge in [0.1, 0.15) is 17.5 Å². The molecule has 9 nitrogen and oxygen atoms in total. The number of benzene rings is 3. The van der Waals surface area contributed by atoms with E-state index in [4.69, 9.17) is 0 Å². The molecule has 14 heteroatoms. The SMILES string of the molecule is CN(C)c1ccc(C2c3sc(=O)n(CC(=O)Nc4ccc(O)cc4)c3SC3C(=O)N(c4ccccc4C(F)(F)F)C(=O)C32)cc1. The van der Waals surface area contributed by atoms with Gasteiger partial charge in [-0.15, -0.1) is 0 Å². The highest BCUT2D eigenvalue weighted by atomic mass is 32.2. The van der Waals surface area contributed by atoms with E-state index < -0.39 is 63.7 Å². The first-order valence-corrected chi connectivity index (χ1v) is 15.3. The summed E-state index contributed by atoms with van der Waals surface area (Å²) < 4.78 is 43.2. The number of nitrogens with zero attached hydrogens (tertiary/aromatic N) is 3. The number of phenols is 1. The van der Waals surface area contributed by atoms with Crippen molar-refractivity contribution in [1.29, 1.82) is 0 Å². The highest BCUT2D eigenvalue weighted by Crippen LogP contribution is 2.54. The Labute approximate surface area is 262 Å². The molecule has 3 amide bonds. The lowest BCUT2D eigenvalue weighted by Gasteiger charge is -2.31. The second kappa shape index (κ2) is 11.4. The first-order valence-electron chi connectivity index (χ1n) is 13.7. The van der Waals surface area contributed by atoms with Gasteiger partial charge in [0.15, 0.2) is 0 Å². The summed E-state index contributed by atoms with van der Waals surface area (Å²) in [6, 6.07) is 17.4. The number of rotatable bonds is 6. The molecule has 6 rings (SSSR count). The van der Waals surface area contributed by atoms with Crippen molar-refractivity contribution in [2.75, 3.05) is 29.2 Å². The molecule has 0 radical (unpaired) electrons. The second-order valence-corrected chi connectivity index (χ2v) is 12.9. The van der Waals surface area contributed by atoms with Gasteiger partial charge in [0.25, 0.3) is 0 Å². The summed E-state index contributed by atoms with van der Waals surface area (Å²) in [6.07, 6.45) is -4.82. The van der Waals surface area contributed by atoms with E-state index >= 15 is 0 Å². The molecular weight excluding hydrogens is 629 g/mol. The number of hydrogen-bond donors (Lipinski definition) is 2. The van der Waals surface area contributed by atoms with Crippen LogP contribution in [-0.4, -0.2) is 46.7 Å². The molecule has 2 aliphatic heterocycles. The first-order chi connectivity index (χ1) is 21.3. The quantitative estimate of drug-likeness (QED) is 0.219. The van der Waals surface area contributed by atoms with Gasteiger partial charge in [0.2, 0.25) is 17.7 Å². The van der Waals surface area contributed by atoms with Crippen LogP contribution in [-0.2, 0) is 27.1 Å². The number of aromatic hydroxyl groups is 1. The normalized spacial score (nSPS) is 19.3. The highest BCUT2D eigenvalue weighted by molar-refractivity contribution is 8.00. The molecule has 2 aliphatic rings. The lowest BCUT2D eigenvalue weighted by atomic mass is 9.83. The average molecular weight is 655 g/mol. The summed E-state index contributed by atoms with van der Waals surface area (Å²) in [4.78, 5) is 56.7. The number of alkyl halides is 3. The van der Waals surface area contributed by atoms with Crippen molar-refractivity contribution in [2.24, 2.45) is 5.92 Å². The summed E-state index contributed by atoms with van der Waals surface area (Å²) in [6.45, 7) is -0.412. The third kappa shape index (κ3) is 5.48. The fourth-order valence-corrected chi connectivity index (χ4v) is 8.40. The third-order valence-electron chi connectivity index (χ3n) is 7.72. The predicted molar refractivity (Wildman–Crippen MR) is 165 cm³/mol. The van der Waals surface area contributed by atoms with E-state index in [1.807, 2.05) is 31.1 Å². The van der Waals surface area contributed by atoms with Crippen molar-refractivity contribution >= 4 is 57.9 Å². The number of carbonyl (C=O) groups is 3. The lowest BCUT2D eigenvalue weighted by molar-refractivity contribution is -0.137. The van der Waals surface area contributed by atoms with Gasteiger partial charge < -0.3 is 15.3 Å². The molecule has 45 heavy (non-hydrogen) atoms. The Bertz CT molecular complexity index is 1870. The number of halogens is 3. The summed E-state index contributed by atoms with van der Waals surface area (Å²) >= 11 is 1.75. The van der Waals surface area contributed by atoms with Crippen LogP contribution >= 0.6 is 23.1 Å². The monoisotopic (exact) mass is 654 g/mol. The maximum Gasteiger partial charge on any atom is 0.418 e. The Balaban J connectivity index is 1.43. The average Bonchev–Trinajstić information content (AvgIpc) is 3.44.